The van der Waals surface area contributed by atoms with E-state index < -0.39 is 0 Å². The predicted molar refractivity (Wildman–Crippen MR) is 83.1 cm³/mol. The molecule has 0 N–H and O–H groups in total. The van der Waals surface area contributed by atoms with Gasteiger partial charge in [0.05, 0.1) is 0 Å². The second-order valence-electron chi connectivity index (χ2n) is 4.60. The Hall–Kier alpha value is -2.34. The second kappa shape index (κ2) is 5.11. The van der Waals surface area contributed by atoms with Crippen molar-refractivity contribution in [1.82, 2.24) is 0 Å². The molecule has 3 rings (SSSR count). The lowest BCUT2D eigenvalue weighted by Gasteiger charge is -2.11. The van der Waals surface area contributed by atoms with Gasteiger partial charge in [-0.1, -0.05) is 78.9 Å². The molecule has 0 saturated carbocycles. The van der Waals surface area contributed by atoms with E-state index in [9.17, 15) is 0 Å². The molecule has 19 heavy (non-hydrogen) atoms. The smallest absolute Gasteiger partial charge is 0.0103 e. The van der Waals surface area contributed by atoms with Crippen LogP contribution in [0.4, 0.5) is 0 Å². The molecule has 3 aromatic rings. The molecule has 0 heterocycles. The lowest BCUT2D eigenvalue weighted by molar-refractivity contribution is 1.55. The maximum Gasteiger partial charge on any atom is -0.0103 e. The molecule has 0 unspecified atom stereocenters. The first-order chi connectivity index (χ1) is 9.40. The van der Waals surface area contributed by atoms with E-state index in [1.54, 1.807) is 0 Å². The van der Waals surface area contributed by atoms with Crippen LogP contribution in [0, 0.1) is 0 Å². The van der Waals surface area contributed by atoms with Gasteiger partial charge in [0.15, 0.2) is 0 Å². The number of hydrogen-bond acceptors (Lipinski definition) is 0. The first-order valence-electron chi connectivity index (χ1n) is 6.60. The van der Waals surface area contributed by atoms with Crippen LogP contribution in [0.15, 0.2) is 78.9 Å². The normalized spacial score (nSPS) is 11.7. The highest BCUT2D eigenvalue weighted by Gasteiger charge is 2.07. The molecule has 0 radical (unpaired) electrons. The van der Waals surface area contributed by atoms with Gasteiger partial charge in [-0.05, 0) is 34.4 Å². The molecule has 0 spiro atoms. The third kappa shape index (κ3) is 2.17. The van der Waals surface area contributed by atoms with E-state index in [2.05, 4.69) is 85.8 Å². The Morgan fingerprint density at radius 1 is 0.737 bits per heavy atom. The fraction of sp³-hybridized carbons (Fsp3) is 0.0526. The van der Waals surface area contributed by atoms with Gasteiger partial charge >= 0.3 is 0 Å². The molecule has 0 saturated heterocycles. The van der Waals surface area contributed by atoms with Gasteiger partial charge in [-0.25, -0.2) is 0 Å². The van der Waals surface area contributed by atoms with Gasteiger partial charge in [0.1, 0.15) is 0 Å². The van der Waals surface area contributed by atoms with Crippen LogP contribution in [-0.2, 0) is 0 Å². The van der Waals surface area contributed by atoms with Gasteiger partial charge in [-0.3, -0.25) is 0 Å². The van der Waals surface area contributed by atoms with Crippen LogP contribution in [0.3, 0.4) is 0 Å². The zero-order valence-corrected chi connectivity index (χ0v) is 11.0. The van der Waals surface area contributed by atoms with Crippen LogP contribution in [0.1, 0.15) is 18.1 Å². The second-order valence-corrected chi connectivity index (χ2v) is 4.60. The molecular formula is C19H16. The Balaban J connectivity index is 2.24. The molecule has 0 heteroatoms. The first kappa shape index (κ1) is 11.7. The topological polar surface area (TPSA) is 0 Å². The van der Waals surface area contributed by atoms with E-state index in [0.717, 1.165) is 0 Å². The summed E-state index contributed by atoms with van der Waals surface area (Å²) < 4.78 is 0. The van der Waals surface area contributed by atoms with Crippen molar-refractivity contribution < 1.29 is 0 Å². The molecule has 0 bridgehead atoms. The minimum Gasteiger partial charge on any atom is -0.0792 e. The molecule has 92 valence electrons. The number of rotatable bonds is 2. The van der Waals surface area contributed by atoms with Crippen molar-refractivity contribution in [3.05, 3.63) is 90.0 Å². The van der Waals surface area contributed by atoms with E-state index in [4.69, 9.17) is 0 Å². The fourth-order valence-electron chi connectivity index (χ4n) is 2.56. The summed E-state index contributed by atoms with van der Waals surface area (Å²) in [6.07, 6.45) is 2.19. The highest BCUT2D eigenvalue weighted by Crippen LogP contribution is 2.29. The number of fused-ring (bicyclic) bond motifs is 1. The third-order valence-electron chi connectivity index (χ3n) is 3.45. The van der Waals surface area contributed by atoms with Crippen molar-refractivity contribution in [3.8, 4) is 0 Å². The Morgan fingerprint density at radius 2 is 1.42 bits per heavy atom. The number of hydrogen-bond donors (Lipinski definition) is 0. The molecule has 0 aromatic heterocycles. The summed E-state index contributed by atoms with van der Waals surface area (Å²) >= 11 is 0. The van der Waals surface area contributed by atoms with Crippen LogP contribution < -0.4 is 0 Å². The minimum absolute atomic E-state index is 1.27. The van der Waals surface area contributed by atoms with Crippen molar-refractivity contribution in [2.24, 2.45) is 0 Å². The summed E-state index contributed by atoms with van der Waals surface area (Å²) in [7, 11) is 0. The lowest BCUT2D eigenvalue weighted by Crippen LogP contribution is -1.89. The van der Waals surface area contributed by atoms with Crippen LogP contribution in [0.2, 0.25) is 0 Å². The Labute approximate surface area is 114 Å². The van der Waals surface area contributed by atoms with Gasteiger partial charge in [0.25, 0.3) is 0 Å². The zero-order chi connectivity index (χ0) is 13.1. The zero-order valence-electron chi connectivity index (χ0n) is 11.0. The van der Waals surface area contributed by atoms with Crippen molar-refractivity contribution in [3.63, 3.8) is 0 Å². The maximum atomic E-state index is 2.20. The van der Waals surface area contributed by atoms with Gasteiger partial charge < -0.3 is 0 Å². The molecule has 0 aliphatic carbocycles. The SMILES string of the molecule is CC=C(c1ccccc1)c1cccc2ccccc12. The van der Waals surface area contributed by atoms with E-state index in [-0.39, 0.29) is 0 Å². The summed E-state index contributed by atoms with van der Waals surface area (Å²) in [6.45, 7) is 2.10. The van der Waals surface area contributed by atoms with Gasteiger partial charge in [0.2, 0.25) is 0 Å². The van der Waals surface area contributed by atoms with Crippen molar-refractivity contribution >= 4 is 16.3 Å². The van der Waals surface area contributed by atoms with E-state index in [1.165, 1.54) is 27.5 Å². The molecular weight excluding hydrogens is 228 g/mol. The highest BCUT2D eigenvalue weighted by molar-refractivity contribution is 5.97. The van der Waals surface area contributed by atoms with E-state index >= 15 is 0 Å². The Bertz CT molecular complexity index is 716. The predicted octanol–water partition coefficient (Wildman–Crippen LogP) is 5.29. The maximum absolute atomic E-state index is 2.20. The van der Waals surface area contributed by atoms with Crippen LogP contribution in [-0.4, -0.2) is 0 Å². The molecule has 0 aliphatic rings. The lowest BCUT2D eigenvalue weighted by atomic mass is 9.93. The number of benzene rings is 3. The number of allylic oxidation sites excluding steroid dienone is 1. The van der Waals surface area contributed by atoms with Gasteiger partial charge in [-0.2, -0.15) is 0 Å². The highest BCUT2D eigenvalue weighted by atomic mass is 14.1. The average molecular weight is 244 g/mol. The van der Waals surface area contributed by atoms with Crippen molar-refractivity contribution in [2.75, 3.05) is 0 Å². The molecule has 3 aromatic carbocycles. The van der Waals surface area contributed by atoms with Crippen LogP contribution in [0.25, 0.3) is 16.3 Å². The molecule has 0 fully saturated rings. The summed E-state index contributed by atoms with van der Waals surface area (Å²) in [5, 5.41) is 2.59. The van der Waals surface area contributed by atoms with Crippen LogP contribution >= 0.6 is 0 Å². The van der Waals surface area contributed by atoms with Gasteiger partial charge in [-0.15, -0.1) is 0 Å². The van der Waals surface area contributed by atoms with E-state index in [0.29, 0.717) is 0 Å². The summed E-state index contributed by atoms with van der Waals surface area (Å²) in [4.78, 5) is 0. The minimum atomic E-state index is 1.27. The molecule has 0 atom stereocenters. The fourth-order valence-corrected chi connectivity index (χ4v) is 2.56. The third-order valence-corrected chi connectivity index (χ3v) is 3.45. The summed E-state index contributed by atoms with van der Waals surface area (Å²) in [5.41, 5.74) is 3.85. The largest absolute Gasteiger partial charge is 0.0792 e. The molecule has 0 aliphatic heterocycles. The Morgan fingerprint density at radius 3 is 2.21 bits per heavy atom. The summed E-state index contributed by atoms with van der Waals surface area (Å²) in [6, 6.07) is 25.6. The monoisotopic (exact) mass is 244 g/mol. The van der Waals surface area contributed by atoms with Crippen LogP contribution in [0.5, 0.6) is 0 Å². The average Bonchev–Trinajstić information content (AvgIpc) is 2.49. The van der Waals surface area contributed by atoms with E-state index in [1.807, 2.05) is 0 Å². The van der Waals surface area contributed by atoms with Crippen molar-refractivity contribution in [2.45, 2.75) is 6.92 Å². The molecule has 0 nitrogen and oxygen atoms in total. The first-order valence-corrected chi connectivity index (χ1v) is 6.60. The molecule has 0 amide bonds. The quantitative estimate of drug-likeness (QED) is 0.574. The Kier molecular flexibility index (Phi) is 3.16. The van der Waals surface area contributed by atoms with Crippen molar-refractivity contribution in [1.29, 1.82) is 0 Å². The standard InChI is InChI=1S/C19H16/c1-2-17(15-9-4-3-5-10-15)19-14-8-12-16-11-6-7-13-18(16)19/h2-14H,1H3. The van der Waals surface area contributed by atoms with Gasteiger partial charge in [0, 0.05) is 0 Å². The summed E-state index contributed by atoms with van der Waals surface area (Å²) in [5.74, 6) is 0.